The highest BCUT2D eigenvalue weighted by molar-refractivity contribution is 6.30. The molecule has 0 bridgehead atoms. The molecule has 0 atom stereocenters. The van der Waals surface area contributed by atoms with Crippen LogP contribution in [0.4, 0.5) is 0 Å². The summed E-state index contributed by atoms with van der Waals surface area (Å²) >= 11 is 5.99. The quantitative estimate of drug-likeness (QED) is 0.805. The number of carbonyl (C=O) groups excluding carboxylic acids is 1. The third kappa shape index (κ3) is 4.29. The van der Waals surface area contributed by atoms with Crippen molar-refractivity contribution >= 4 is 17.5 Å². The first-order valence-electron chi connectivity index (χ1n) is 8.59. The Morgan fingerprint density at radius 3 is 2.46 bits per heavy atom. The Bertz CT molecular complexity index is 773. The van der Waals surface area contributed by atoms with E-state index in [0.717, 1.165) is 36.7 Å². The Balaban J connectivity index is 1.60. The topological polar surface area (TPSA) is 42.0 Å². The van der Waals surface area contributed by atoms with Crippen LogP contribution in [-0.2, 0) is 6.54 Å². The molecule has 0 saturated carbocycles. The zero-order chi connectivity index (χ0) is 18.5. The van der Waals surface area contributed by atoms with Gasteiger partial charge in [-0.3, -0.25) is 9.69 Å². The van der Waals surface area contributed by atoms with Gasteiger partial charge >= 0.3 is 0 Å². The molecule has 2 aromatic carbocycles. The van der Waals surface area contributed by atoms with Crippen LogP contribution in [0.1, 0.15) is 15.9 Å². The van der Waals surface area contributed by atoms with Crippen LogP contribution >= 0.6 is 11.6 Å². The van der Waals surface area contributed by atoms with Crippen molar-refractivity contribution in [1.29, 1.82) is 0 Å². The standard InChI is InChI=1S/C20H23ClN2O3/c1-25-18-7-6-16(19(13-18)26-2)14-22-8-10-23(11-9-22)20(24)15-4-3-5-17(21)12-15/h3-7,12-13H,8-11,14H2,1-2H3. The minimum atomic E-state index is 0.0363. The van der Waals surface area contributed by atoms with E-state index in [1.54, 1.807) is 26.4 Å². The fraction of sp³-hybridized carbons (Fsp3) is 0.350. The molecule has 5 nitrogen and oxygen atoms in total. The van der Waals surface area contributed by atoms with Gasteiger partial charge < -0.3 is 14.4 Å². The van der Waals surface area contributed by atoms with Crippen LogP contribution < -0.4 is 9.47 Å². The second-order valence-corrected chi connectivity index (χ2v) is 6.69. The van der Waals surface area contributed by atoms with Crippen molar-refractivity contribution in [3.05, 3.63) is 58.6 Å². The zero-order valence-corrected chi connectivity index (χ0v) is 15.8. The van der Waals surface area contributed by atoms with E-state index < -0.39 is 0 Å². The van der Waals surface area contributed by atoms with Crippen LogP contribution in [-0.4, -0.2) is 56.1 Å². The Morgan fingerprint density at radius 1 is 1.04 bits per heavy atom. The van der Waals surface area contributed by atoms with Crippen molar-refractivity contribution in [2.45, 2.75) is 6.54 Å². The summed E-state index contributed by atoms with van der Waals surface area (Å²) in [6.07, 6.45) is 0. The first-order chi connectivity index (χ1) is 12.6. The average Bonchev–Trinajstić information content (AvgIpc) is 2.68. The number of methoxy groups -OCH3 is 2. The second-order valence-electron chi connectivity index (χ2n) is 6.26. The third-order valence-electron chi connectivity index (χ3n) is 4.62. The van der Waals surface area contributed by atoms with E-state index >= 15 is 0 Å². The molecule has 1 heterocycles. The molecule has 1 aliphatic heterocycles. The number of hydrogen-bond donors (Lipinski definition) is 0. The summed E-state index contributed by atoms with van der Waals surface area (Å²) in [5, 5.41) is 0.584. The van der Waals surface area contributed by atoms with Gasteiger partial charge in [-0.1, -0.05) is 23.7 Å². The molecule has 1 aliphatic rings. The molecule has 138 valence electrons. The number of carbonyl (C=O) groups is 1. The predicted octanol–water partition coefficient (Wildman–Crippen LogP) is 3.32. The predicted molar refractivity (Wildman–Crippen MR) is 102 cm³/mol. The van der Waals surface area contributed by atoms with Gasteiger partial charge in [-0.25, -0.2) is 0 Å². The molecule has 2 aromatic rings. The van der Waals surface area contributed by atoms with Gasteiger partial charge in [-0.2, -0.15) is 0 Å². The molecule has 1 amide bonds. The number of rotatable bonds is 5. The molecule has 0 radical (unpaired) electrons. The number of nitrogens with zero attached hydrogens (tertiary/aromatic N) is 2. The molecular formula is C20H23ClN2O3. The van der Waals surface area contributed by atoms with Crippen LogP contribution in [0.25, 0.3) is 0 Å². The lowest BCUT2D eigenvalue weighted by Crippen LogP contribution is -2.48. The van der Waals surface area contributed by atoms with Crippen molar-refractivity contribution in [3.63, 3.8) is 0 Å². The van der Waals surface area contributed by atoms with Crippen LogP contribution in [0, 0.1) is 0 Å². The Morgan fingerprint density at radius 2 is 1.81 bits per heavy atom. The fourth-order valence-electron chi connectivity index (χ4n) is 3.14. The van der Waals surface area contributed by atoms with E-state index in [9.17, 15) is 4.79 Å². The summed E-state index contributed by atoms with van der Waals surface area (Å²) in [5.41, 5.74) is 1.76. The first-order valence-corrected chi connectivity index (χ1v) is 8.96. The van der Waals surface area contributed by atoms with E-state index in [0.29, 0.717) is 23.7 Å². The number of amides is 1. The summed E-state index contributed by atoms with van der Waals surface area (Å²) in [5.74, 6) is 1.64. The van der Waals surface area contributed by atoms with Crippen LogP contribution in [0.3, 0.4) is 0 Å². The van der Waals surface area contributed by atoms with Crippen molar-refractivity contribution in [1.82, 2.24) is 9.80 Å². The Labute approximate surface area is 159 Å². The molecule has 0 aliphatic carbocycles. The van der Waals surface area contributed by atoms with Gasteiger partial charge in [-0.05, 0) is 24.3 Å². The first kappa shape index (κ1) is 18.5. The zero-order valence-electron chi connectivity index (χ0n) is 15.1. The lowest BCUT2D eigenvalue weighted by atomic mass is 10.1. The van der Waals surface area contributed by atoms with Crippen LogP contribution in [0.5, 0.6) is 11.5 Å². The van der Waals surface area contributed by atoms with Gasteiger partial charge in [0.2, 0.25) is 0 Å². The molecule has 0 spiro atoms. The summed E-state index contributed by atoms with van der Waals surface area (Å²) in [4.78, 5) is 16.8. The third-order valence-corrected chi connectivity index (χ3v) is 4.85. The highest BCUT2D eigenvalue weighted by Gasteiger charge is 2.23. The molecule has 0 aromatic heterocycles. The maximum absolute atomic E-state index is 12.6. The number of ether oxygens (including phenoxy) is 2. The van der Waals surface area contributed by atoms with Crippen LogP contribution in [0.15, 0.2) is 42.5 Å². The average molecular weight is 375 g/mol. The molecule has 0 N–H and O–H groups in total. The van der Waals surface area contributed by atoms with Crippen molar-refractivity contribution in [2.24, 2.45) is 0 Å². The summed E-state index contributed by atoms with van der Waals surface area (Å²) < 4.78 is 10.7. The van der Waals surface area contributed by atoms with Crippen LogP contribution in [0.2, 0.25) is 5.02 Å². The normalized spacial score (nSPS) is 15.0. The molecule has 26 heavy (non-hydrogen) atoms. The fourth-order valence-corrected chi connectivity index (χ4v) is 3.33. The van der Waals surface area contributed by atoms with Gasteiger partial charge in [0.1, 0.15) is 11.5 Å². The molecular weight excluding hydrogens is 352 g/mol. The van der Waals surface area contributed by atoms with Gasteiger partial charge in [0.15, 0.2) is 0 Å². The largest absolute Gasteiger partial charge is 0.497 e. The van der Waals surface area contributed by atoms with Gasteiger partial charge in [0.05, 0.1) is 14.2 Å². The van der Waals surface area contributed by atoms with Crippen molar-refractivity contribution in [2.75, 3.05) is 40.4 Å². The molecule has 1 fully saturated rings. The number of halogens is 1. The maximum atomic E-state index is 12.6. The molecule has 0 unspecified atom stereocenters. The lowest BCUT2D eigenvalue weighted by molar-refractivity contribution is 0.0627. The number of piperazine rings is 1. The van der Waals surface area contributed by atoms with E-state index in [1.165, 1.54) is 0 Å². The highest BCUT2D eigenvalue weighted by atomic mass is 35.5. The second kappa shape index (κ2) is 8.43. The number of benzene rings is 2. The highest BCUT2D eigenvalue weighted by Crippen LogP contribution is 2.26. The minimum Gasteiger partial charge on any atom is -0.497 e. The summed E-state index contributed by atoms with van der Waals surface area (Å²) in [6.45, 7) is 3.82. The smallest absolute Gasteiger partial charge is 0.253 e. The Hall–Kier alpha value is -2.24. The summed E-state index contributed by atoms with van der Waals surface area (Å²) in [6, 6.07) is 13.0. The van der Waals surface area contributed by atoms with E-state index in [1.807, 2.05) is 35.2 Å². The van der Waals surface area contributed by atoms with E-state index in [-0.39, 0.29) is 5.91 Å². The monoisotopic (exact) mass is 374 g/mol. The summed E-state index contributed by atoms with van der Waals surface area (Å²) in [7, 11) is 3.31. The lowest BCUT2D eigenvalue weighted by Gasteiger charge is -2.35. The SMILES string of the molecule is COc1ccc(CN2CCN(C(=O)c3cccc(Cl)c3)CC2)c(OC)c1. The number of hydrogen-bond acceptors (Lipinski definition) is 4. The van der Waals surface area contributed by atoms with Crippen molar-refractivity contribution < 1.29 is 14.3 Å². The maximum Gasteiger partial charge on any atom is 0.253 e. The molecule has 6 heteroatoms. The van der Waals surface area contributed by atoms with E-state index in [2.05, 4.69) is 4.90 Å². The van der Waals surface area contributed by atoms with Gasteiger partial charge in [0.25, 0.3) is 5.91 Å². The van der Waals surface area contributed by atoms with Gasteiger partial charge in [-0.15, -0.1) is 0 Å². The molecule has 1 saturated heterocycles. The van der Waals surface area contributed by atoms with E-state index in [4.69, 9.17) is 21.1 Å². The molecule has 3 rings (SSSR count). The minimum absolute atomic E-state index is 0.0363. The Kier molecular flexibility index (Phi) is 6.01. The van der Waals surface area contributed by atoms with Crippen molar-refractivity contribution in [3.8, 4) is 11.5 Å². The van der Waals surface area contributed by atoms with Gasteiger partial charge in [0, 0.05) is 54.9 Å².